The van der Waals surface area contributed by atoms with Gasteiger partial charge in [0.25, 0.3) is 0 Å². The van der Waals surface area contributed by atoms with Gasteiger partial charge in [-0.2, -0.15) is 0 Å². The average Bonchev–Trinajstić information content (AvgIpc) is 2.82. The van der Waals surface area contributed by atoms with Crippen LogP contribution in [0, 0.1) is 0 Å². The molecule has 0 aromatic heterocycles. The zero-order valence-electron chi connectivity index (χ0n) is 16.5. The third kappa shape index (κ3) is 2.69. The van der Waals surface area contributed by atoms with E-state index < -0.39 is 0 Å². The summed E-state index contributed by atoms with van der Waals surface area (Å²) in [5, 5.41) is 10.4. The van der Waals surface area contributed by atoms with Gasteiger partial charge in [-0.1, -0.05) is 121 Å². The van der Waals surface area contributed by atoms with E-state index in [9.17, 15) is 0 Å². The van der Waals surface area contributed by atoms with E-state index in [0.717, 1.165) is 0 Å². The number of fused-ring (bicyclic) bond motifs is 6. The highest BCUT2D eigenvalue weighted by atomic mass is 14.1. The Balaban J connectivity index is 1.54. The topological polar surface area (TPSA) is 0 Å². The molecule has 6 rings (SSSR count). The molecule has 0 saturated heterocycles. The Morgan fingerprint density at radius 1 is 0.300 bits per heavy atom. The summed E-state index contributed by atoms with van der Waals surface area (Å²) < 4.78 is 0. The van der Waals surface area contributed by atoms with E-state index in [4.69, 9.17) is 0 Å². The summed E-state index contributed by atoms with van der Waals surface area (Å²) in [5.74, 6) is 0. The number of hydrogen-bond acceptors (Lipinski definition) is 0. The first-order valence-electron chi connectivity index (χ1n) is 10.4. The van der Waals surface area contributed by atoms with E-state index in [2.05, 4.69) is 121 Å². The highest BCUT2D eigenvalue weighted by Gasteiger charge is 2.06. The van der Waals surface area contributed by atoms with Gasteiger partial charge in [-0.3, -0.25) is 0 Å². The Hall–Kier alpha value is -3.90. The first kappa shape index (κ1) is 17.0. The largest absolute Gasteiger partial charge is 0.0616 e. The summed E-state index contributed by atoms with van der Waals surface area (Å²) in [7, 11) is 0. The Bertz CT molecular complexity index is 1580. The minimum absolute atomic E-state index is 1.25. The average molecular weight is 380 g/mol. The third-order valence-electron chi connectivity index (χ3n) is 6.08. The lowest BCUT2D eigenvalue weighted by Gasteiger charge is -2.09. The lowest BCUT2D eigenvalue weighted by Crippen LogP contribution is -1.83. The molecule has 0 aliphatic heterocycles. The molecule has 0 saturated carbocycles. The maximum absolute atomic E-state index is 2.27. The van der Waals surface area contributed by atoms with Crippen molar-refractivity contribution in [3.8, 4) is 0 Å². The normalized spacial score (nSPS) is 11.9. The molecule has 30 heavy (non-hydrogen) atoms. The third-order valence-corrected chi connectivity index (χ3v) is 6.08. The van der Waals surface area contributed by atoms with Gasteiger partial charge < -0.3 is 0 Å². The van der Waals surface area contributed by atoms with Crippen LogP contribution in [-0.4, -0.2) is 0 Å². The first-order chi connectivity index (χ1) is 14.9. The van der Waals surface area contributed by atoms with Crippen molar-refractivity contribution in [1.82, 2.24) is 0 Å². The Labute approximate surface area is 175 Å². The van der Waals surface area contributed by atoms with Crippen LogP contribution in [0.3, 0.4) is 0 Å². The van der Waals surface area contributed by atoms with Crippen molar-refractivity contribution in [3.63, 3.8) is 0 Å². The van der Waals surface area contributed by atoms with Crippen LogP contribution in [0.15, 0.2) is 109 Å². The second-order valence-corrected chi connectivity index (χ2v) is 7.79. The van der Waals surface area contributed by atoms with Crippen LogP contribution in [0.2, 0.25) is 0 Å². The Morgan fingerprint density at radius 3 is 1.60 bits per heavy atom. The van der Waals surface area contributed by atoms with E-state index in [0.29, 0.717) is 0 Å². The quantitative estimate of drug-likeness (QED) is 0.209. The van der Waals surface area contributed by atoms with Crippen LogP contribution in [0.25, 0.3) is 55.2 Å². The minimum Gasteiger partial charge on any atom is -0.0616 e. The molecule has 0 N–H and O–H groups in total. The molecule has 0 heterocycles. The van der Waals surface area contributed by atoms with Crippen molar-refractivity contribution in [3.05, 3.63) is 120 Å². The molecular formula is C30H20. The fourth-order valence-corrected chi connectivity index (χ4v) is 4.60. The molecule has 0 heteroatoms. The predicted octanol–water partition coefficient (Wildman–Crippen LogP) is 8.47. The van der Waals surface area contributed by atoms with Crippen LogP contribution < -0.4 is 0 Å². The maximum atomic E-state index is 2.27. The van der Waals surface area contributed by atoms with Crippen molar-refractivity contribution in [2.24, 2.45) is 0 Å². The predicted molar refractivity (Wildman–Crippen MR) is 132 cm³/mol. The van der Waals surface area contributed by atoms with Crippen molar-refractivity contribution >= 4 is 55.2 Å². The zero-order chi connectivity index (χ0) is 19.9. The Morgan fingerprint density at radius 2 is 0.767 bits per heavy atom. The van der Waals surface area contributed by atoms with Crippen LogP contribution in [0.1, 0.15) is 11.1 Å². The van der Waals surface area contributed by atoms with Gasteiger partial charge in [0.05, 0.1) is 0 Å². The molecular weight excluding hydrogens is 360 g/mol. The maximum Gasteiger partial charge on any atom is -0.00987 e. The molecule has 0 spiro atoms. The molecule has 0 aliphatic carbocycles. The van der Waals surface area contributed by atoms with Crippen LogP contribution >= 0.6 is 0 Å². The van der Waals surface area contributed by atoms with Gasteiger partial charge in [0.2, 0.25) is 0 Å². The van der Waals surface area contributed by atoms with Crippen molar-refractivity contribution in [2.45, 2.75) is 0 Å². The fourth-order valence-electron chi connectivity index (χ4n) is 4.60. The van der Waals surface area contributed by atoms with Gasteiger partial charge in [0, 0.05) is 0 Å². The van der Waals surface area contributed by atoms with Gasteiger partial charge in [0.1, 0.15) is 0 Å². The molecule has 6 aromatic carbocycles. The summed E-state index contributed by atoms with van der Waals surface area (Å²) in [5.41, 5.74) is 2.49. The molecule has 0 atom stereocenters. The second-order valence-electron chi connectivity index (χ2n) is 7.79. The summed E-state index contributed by atoms with van der Waals surface area (Å²) >= 11 is 0. The molecule has 0 fully saturated rings. The van der Waals surface area contributed by atoms with E-state index in [-0.39, 0.29) is 0 Å². The van der Waals surface area contributed by atoms with Gasteiger partial charge in [-0.15, -0.1) is 0 Å². The zero-order valence-corrected chi connectivity index (χ0v) is 16.5. The summed E-state index contributed by atoms with van der Waals surface area (Å²) in [6, 6.07) is 39.3. The lowest BCUT2D eigenvalue weighted by atomic mass is 9.94. The highest BCUT2D eigenvalue weighted by Crippen LogP contribution is 2.33. The van der Waals surface area contributed by atoms with Crippen molar-refractivity contribution < 1.29 is 0 Å². The molecule has 0 bridgehead atoms. The minimum atomic E-state index is 1.25. The molecule has 0 amide bonds. The first-order valence-corrected chi connectivity index (χ1v) is 10.4. The molecule has 0 aliphatic rings. The molecule has 0 unspecified atom stereocenters. The highest BCUT2D eigenvalue weighted by molar-refractivity contribution is 6.18. The van der Waals surface area contributed by atoms with Gasteiger partial charge in [0.15, 0.2) is 0 Å². The van der Waals surface area contributed by atoms with Crippen LogP contribution in [-0.2, 0) is 0 Å². The summed E-state index contributed by atoms with van der Waals surface area (Å²) in [6.45, 7) is 0. The van der Waals surface area contributed by atoms with Gasteiger partial charge in [-0.05, 0) is 54.2 Å². The fraction of sp³-hybridized carbons (Fsp3) is 0. The van der Waals surface area contributed by atoms with Gasteiger partial charge >= 0.3 is 0 Å². The molecule has 0 nitrogen and oxygen atoms in total. The van der Waals surface area contributed by atoms with E-state index in [1.165, 1.54) is 54.2 Å². The SMILES string of the molecule is C(=C\c1cccc2c1ccc1c3ccccc3ccc21)/c1cccc2ccccc12. The number of benzene rings is 6. The van der Waals surface area contributed by atoms with Gasteiger partial charge in [-0.25, -0.2) is 0 Å². The molecule has 0 radical (unpaired) electrons. The van der Waals surface area contributed by atoms with Crippen LogP contribution in [0.5, 0.6) is 0 Å². The molecule has 6 aromatic rings. The monoisotopic (exact) mass is 380 g/mol. The van der Waals surface area contributed by atoms with E-state index in [1.54, 1.807) is 0 Å². The van der Waals surface area contributed by atoms with Crippen molar-refractivity contribution in [1.29, 1.82) is 0 Å². The van der Waals surface area contributed by atoms with Crippen LogP contribution in [0.4, 0.5) is 0 Å². The number of hydrogen-bond donors (Lipinski definition) is 0. The Kier molecular flexibility index (Phi) is 3.89. The van der Waals surface area contributed by atoms with E-state index in [1.807, 2.05) is 0 Å². The smallest absolute Gasteiger partial charge is 0.00987 e. The summed E-state index contributed by atoms with van der Waals surface area (Å²) in [6.07, 6.45) is 4.48. The lowest BCUT2D eigenvalue weighted by molar-refractivity contribution is 1.71. The van der Waals surface area contributed by atoms with E-state index >= 15 is 0 Å². The van der Waals surface area contributed by atoms with Crippen molar-refractivity contribution in [2.75, 3.05) is 0 Å². The standard InChI is InChI=1S/C30H20/c1-3-12-25-21(7-1)9-5-10-22(25)15-16-24-11-6-14-28-27(24)19-20-29-26-13-4-2-8-23(26)17-18-30(28)29/h1-20H/b16-15+. The number of rotatable bonds is 2. The second kappa shape index (κ2) is 6.86. The summed E-state index contributed by atoms with van der Waals surface area (Å²) in [4.78, 5) is 0. The molecule has 140 valence electrons.